The molecule has 0 saturated heterocycles. The second kappa shape index (κ2) is 8.46. The average molecular weight is 394 g/mol. The van der Waals surface area contributed by atoms with Crippen molar-refractivity contribution in [1.82, 2.24) is 0 Å². The molecule has 0 amide bonds. The number of hydrogen-bond donors (Lipinski definition) is 3. The summed E-state index contributed by atoms with van der Waals surface area (Å²) in [6.07, 6.45) is 1.10. The fourth-order valence-electron chi connectivity index (χ4n) is 3.09. The molecule has 2 aromatic rings. The van der Waals surface area contributed by atoms with E-state index in [2.05, 4.69) is 0 Å². The maximum atomic E-state index is 13.2. The van der Waals surface area contributed by atoms with Crippen LogP contribution in [-0.4, -0.2) is 27.8 Å². The maximum absolute atomic E-state index is 13.2. The van der Waals surface area contributed by atoms with E-state index in [4.69, 9.17) is 9.26 Å². The molecule has 0 aromatic heterocycles. The molecule has 0 fully saturated rings. The number of ether oxygens (including phenoxy) is 1. The van der Waals surface area contributed by atoms with Crippen LogP contribution >= 0.6 is 7.51 Å². The number of benzene rings is 2. The van der Waals surface area contributed by atoms with Crippen molar-refractivity contribution >= 4 is 13.5 Å². The van der Waals surface area contributed by atoms with Gasteiger partial charge in [0.15, 0.2) is 0 Å². The van der Waals surface area contributed by atoms with E-state index >= 15 is 0 Å². The van der Waals surface area contributed by atoms with Crippen LogP contribution in [0.3, 0.4) is 0 Å². The standard InChI is InChI=1S/C20H27O6P/c1-3-4-15-20(27(22,23,24)25-2,18-13-9-6-10-14-18)19(21)26-16-17-11-7-5-8-12-17/h5-14,22-24H,3-4,15-16H2,1-2H3. The molecule has 27 heavy (non-hydrogen) atoms. The van der Waals surface area contributed by atoms with E-state index in [-0.39, 0.29) is 18.6 Å². The van der Waals surface area contributed by atoms with Crippen LogP contribution in [-0.2, 0) is 25.8 Å². The molecule has 3 N–H and O–H groups in total. The minimum absolute atomic E-state index is 0.0314. The van der Waals surface area contributed by atoms with Gasteiger partial charge < -0.3 is 0 Å². The van der Waals surface area contributed by atoms with Gasteiger partial charge in [-0.25, -0.2) is 0 Å². The Morgan fingerprint density at radius 3 is 2.07 bits per heavy atom. The first-order valence-corrected chi connectivity index (χ1v) is 10.9. The third-order valence-electron chi connectivity index (χ3n) is 4.70. The molecular formula is C20H27O6P. The van der Waals surface area contributed by atoms with E-state index in [1.807, 2.05) is 25.1 Å². The van der Waals surface area contributed by atoms with Crippen molar-refractivity contribution in [2.45, 2.75) is 37.9 Å². The molecular weight excluding hydrogens is 367 g/mol. The Balaban J connectivity index is 2.51. The number of unbranched alkanes of at least 4 members (excludes halogenated alkanes) is 1. The van der Waals surface area contributed by atoms with Gasteiger partial charge in [0.2, 0.25) is 0 Å². The van der Waals surface area contributed by atoms with Crippen molar-refractivity contribution in [1.29, 1.82) is 0 Å². The van der Waals surface area contributed by atoms with Gasteiger partial charge in [0, 0.05) is 0 Å². The quantitative estimate of drug-likeness (QED) is 0.444. The predicted octanol–water partition coefficient (Wildman–Crippen LogP) is 3.65. The molecule has 0 aliphatic rings. The molecule has 0 aliphatic carbocycles. The summed E-state index contributed by atoms with van der Waals surface area (Å²) in [5, 5.41) is -2.12. The normalized spacial score (nSPS) is 15.4. The SMILES string of the molecule is CCCCC(C(=O)OCc1ccccc1)(c1ccccc1)P(O)(O)(O)OC. The Bertz CT molecular complexity index is 741. The molecule has 148 valence electrons. The van der Waals surface area contributed by atoms with Gasteiger partial charge in [-0.3, -0.25) is 0 Å². The number of carbonyl (C=O) groups is 1. The molecule has 0 saturated carbocycles. The van der Waals surface area contributed by atoms with E-state index in [9.17, 15) is 19.5 Å². The summed E-state index contributed by atoms with van der Waals surface area (Å²) in [7, 11) is -4.93. The summed E-state index contributed by atoms with van der Waals surface area (Å²) in [6, 6.07) is 17.2. The van der Waals surface area contributed by atoms with Crippen LogP contribution in [0.4, 0.5) is 0 Å². The predicted molar refractivity (Wildman–Crippen MR) is 104 cm³/mol. The van der Waals surface area contributed by atoms with Crippen LogP contribution in [0.25, 0.3) is 0 Å². The van der Waals surface area contributed by atoms with Gasteiger partial charge in [-0.2, -0.15) is 0 Å². The minimum atomic E-state index is -5.90. The second-order valence-corrected chi connectivity index (χ2v) is 9.42. The topological polar surface area (TPSA) is 96.2 Å². The average Bonchev–Trinajstić information content (AvgIpc) is 2.68. The fourth-order valence-corrected chi connectivity index (χ4v) is 4.94. The van der Waals surface area contributed by atoms with E-state index in [1.54, 1.807) is 42.5 Å². The Kier molecular flexibility index (Phi) is 6.73. The van der Waals surface area contributed by atoms with Crippen molar-refractivity contribution in [3.8, 4) is 0 Å². The number of carbonyl (C=O) groups excluding carboxylic acids is 1. The fraction of sp³-hybridized carbons (Fsp3) is 0.350. The van der Waals surface area contributed by atoms with Gasteiger partial charge in [-0.1, -0.05) is 0 Å². The van der Waals surface area contributed by atoms with Crippen LogP contribution in [0.2, 0.25) is 0 Å². The number of hydrogen-bond acceptors (Lipinski definition) is 6. The van der Waals surface area contributed by atoms with Crippen molar-refractivity contribution < 1.29 is 28.7 Å². The van der Waals surface area contributed by atoms with Gasteiger partial charge in [0.25, 0.3) is 0 Å². The van der Waals surface area contributed by atoms with E-state index < -0.39 is 18.6 Å². The molecule has 1 unspecified atom stereocenters. The molecule has 0 aliphatic heterocycles. The summed E-state index contributed by atoms with van der Waals surface area (Å²) >= 11 is 0. The zero-order valence-corrected chi connectivity index (χ0v) is 16.5. The third-order valence-corrected chi connectivity index (χ3v) is 7.37. The van der Waals surface area contributed by atoms with Crippen LogP contribution in [0.1, 0.15) is 37.3 Å². The molecule has 2 aromatic carbocycles. The van der Waals surface area contributed by atoms with Gasteiger partial charge in [-0.05, 0) is 0 Å². The Morgan fingerprint density at radius 1 is 1.00 bits per heavy atom. The third kappa shape index (κ3) is 4.37. The molecule has 7 heteroatoms. The first kappa shape index (κ1) is 21.5. The Morgan fingerprint density at radius 2 is 1.56 bits per heavy atom. The van der Waals surface area contributed by atoms with Crippen molar-refractivity contribution in [2.24, 2.45) is 0 Å². The van der Waals surface area contributed by atoms with E-state index in [0.29, 0.717) is 12.8 Å². The molecule has 2 rings (SSSR count). The van der Waals surface area contributed by atoms with E-state index in [1.165, 1.54) is 0 Å². The molecule has 0 heterocycles. The molecule has 0 bridgehead atoms. The van der Waals surface area contributed by atoms with Crippen LogP contribution in [0.15, 0.2) is 60.7 Å². The zero-order chi connectivity index (χ0) is 20.0. The second-order valence-electron chi connectivity index (χ2n) is 6.48. The summed E-state index contributed by atoms with van der Waals surface area (Å²) < 4.78 is 10.2. The summed E-state index contributed by atoms with van der Waals surface area (Å²) in [5.41, 5.74) is 0.985. The monoisotopic (exact) mass is 394 g/mol. The van der Waals surface area contributed by atoms with Crippen LogP contribution in [0.5, 0.6) is 0 Å². The molecule has 6 nitrogen and oxygen atoms in total. The van der Waals surface area contributed by atoms with Gasteiger partial charge in [-0.15, -0.1) is 0 Å². The summed E-state index contributed by atoms with van der Waals surface area (Å²) in [5.74, 6) is -0.932. The van der Waals surface area contributed by atoms with Crippen molar-refractivity contribution in [3.63, 3.8) is 0 Å². The van der Waals surface area contributed by atoms with E-state index in [0.717, 1.165) is 12.7 Å². The first-order valence-electron chi connectivity index (χ1n) is 8.85. The van der Waals surface area contributed by atoms with Crippen molar-refractivity contribution in [3.05, 3.63) is 71.8 Å². The molecule has 1 atom stereocenters. The summed E-state index contributed by atoms with van der Waals surface area (Å²) in [4.78, 5) is 45.5. The zero-order valence-electron chi connectivity index (χ0n) is 15.6. The summed E-state index contributed by atoms with van der Waals surface area (Å²) in [6.45, 7) is 1.84. The Labute approximate surface area is 159 Å². The number of esters is 1. The van der Waals surface area contributed by atoms with Crippen molar-refractivity contribution in [2.75, 3.05) is 7.11 Å². The first-order chi connectivity index (χ1) is 12.8. The molecule has 0 radical (unpaired) electrons. The van der Waals surface area contributed by atoms with Gasteiger partial charge in [0.1, 0.15) is 0 Å². The van der Waals surface area contributed by atoms with Gasteiger partial charge >= 0.3 is 159 Å². The molecule has 0 spiro atoms. The Hall–Kier alpha value is -1.82. The van der Waals surface area contributed by atoms with Crippen LogP contribution in [0, 0.1) is 0 Å². The van der Waals surface area contributed by atoms with Gasteiger partial charge in [0.05, 0.1) is 0 Å². The van der Waals surface area contributed by atoms with Crippen LogP contribution < -0.4 is 0 Å². The number of rotatable bonds is 9.